The molecule has 0 bridgehead atoms. The highest BCUT2D eigenvalue weighted by molar-refractivity contribution is 5.93. The van der Waals surface area contributed by atoms with Crippen molar-refractivity contribution in [2.24, 2.45) is 5.41 Å². The highest BCUT2D eigenvalue weighted by Crippen LogP contribution is 2.27. The number of amides is 1. The Morgan fingerprint density at radius 1 is 1.15 bits per heavy atom. The number of carbonyl (C=O) groups excluding carboxylic acids is 1. The van der Waals surface area contributed by atoms with E-state index in [4.69, 9.17) is 0 Å². The molecule has 1 N–H and O–H groups in total. The van der Waals surface area contributed by atoms with E-state index in [2.05, 4.69) is 85.7 Å². The SMILES string of the molecule is CC(CNC(=O)c1cccnc1)c1ccc(C2=CC=CC(C)(C)C=C2)cc1. The van der Waals surface area contributed by atoms with E-state index >= 15 is 0 Å². The van der Waals surface area contributed by atoms with Gasteiger partial charge in [0.1, 0.15) is 0 Å². The zero-order valence-electron chi connectivity index (χ0n) is 16.1. The maximum Gasteiger partial charge on any atom is 0.252 e. The minimum absolute atomic E-state index is 0.0825. The quantitative estimate of drug-likeness (QED) is 0.803. The molecule has 2 aromatic rings. The Morgan fingerprint density at radius 2 is 1.93 bits per heavy atom. The number of pyridine rings is 1. The van der Waals surface area contributed by atoms with E-state index in [9.17, 15) is 4.79 Å². The van der Waals surface area contributed by atoms with Crippen LogP contribution in [-0.2, 0) is 0 Å². The maximum atomic E-state index is 12.2. The van der Waals surface area contributed by atoms with Crippen LogP contribution in [0.3, 0.4) is 0 Å². The van der Waals surface area contributed by atoms with Crippen molar-refractivity contribution in [2.45, 2.75) is 26.7 Å². The van der Waals surface area contributed by atoms with Crippen molar-refractivity contribution < 1.29 is 4.79 Å². The standard InChI is InChI=1S/C24H26N2O/c1-18(16-26-23(27)22-7-5-15-25-17-22)19-8-10-21(11-9-19)20-6-4-13-24(2,3)14-12-20/h4-15,17-18H,16H2,1-3H3,(H,26,27). The van der Waals surface area contributed by atoms with Gasteiger partial charge in [0.2, 0.25) is 0 Å². The third-order valence-electron chi connectivity index (χ3n) is 4.80. The first-order valence-electron chi connectivity index (χ1n) is 9.32. The van der Waals surface area contributed by atoms with E-state index in [1.54, 1.807) is 24.5 Å². The van der Waals surface area contributed by atoms with Gasteiger partial charge in [0.05, 0.1) is 5.56 Å². The van der Waals surface area contributed by atoms with Crippen LogP contribution in [0.1, 0.15) is 48.2 Å². The predicted molar refractivity (Wildman–Crippen MR) is 111 cm³/mol. The first kappa shape index (κ1) is 18.8. The number of allylic oxidation sites excluding steroid dienone is 6. The number of aromatic nitrogens is 1. The Morgan fingerprint density at radius 3 is 2.63 bits per heavy atom. The van der Waals surface area contributed by atoms with Gasteiger partial charge in [-0.25, -0.2) is 0 Å². The van der Waals surface area contributed by atoms with Crippen LogP contribution in [0.25, 0.3) is 5.57 Å². The normalized spacial score (nSPS) is 16.3. The first-order valence-corrected chi connectivity index (χ1v) is 9.32. The van der Waals surface area contributed by atoms with Gasteiger partial charge >= 0.3 is 0 Å². The molecule has 0 radical (unpaired) electrons. The third kappa shape index (κ3) is 5.04. The van der Waals surface area contributed by atoms with Crippen molar-refractivity contribution in [1.29, 1.82) is 0 Å². The summed E-state index contributed by atoms with van der Waals surface area (Å²) in [5.74, 6) is 0.145. The lowest BCUT2D eigenvalue weighted by Crippen LogP contribution is -2.27. The second-order valence-corrected chi connectivity index (χ2v) is 7.61. The van der Waals surface area contributed by atoms with Gasteiger partial charge in [0, 0.05) is 24.4 Å². The number of nitrogens with zero attached hydrogens (tertiary/aromatic N) is 1. The van der Waals surface area contributed by atoms with Crippen molar-refractivity contribution in [3.8, 4) is 0 Å². The molecular formula is C24H26N2O. The van der Waals surface area contributed by atoms with E-state index in [1.807, 2.05) is 0 Å². The number of hydrogen-bond donors (Lipinski definition) is 1. The van der Waals surface area contributed by atoms with E-state index < -0.39 is 0 Å². The summed E-state index contributed by atoms with van der Waals surface area (Å²) in [7, 11) is 0. The van der Waals surface area contributed by atoms with E-state index in [-0.39, 0.29) is 17.2 Å². The van der Waals surface area contributed by atoms with Gasteiger partial charge in [0.15, 0.2) is 0 Å². The smallest absolute Gasteiger partial charge is 0.252 e. The van der Waals surface area contributed by atoms with E-state index in [1.165, 1.54) is 16.7 Å². The van der Waals surface area contributed by atoms with Gasteiger partial charge in [0.25, 0.3) is 5.91 Å². The highest BCUT2D eigenvalue weighted by atomic mass is 16.1. The lowest BCUT2D eigenvalue weighted by atomic mass is 9.92. The zero-order chi connectivity index (χ0) is 19.3. The average molecular weight is 358 g/mol. The molecule has 3 heteroatoms. The number of rotatable bonds is 5. The molecule has 3 rings (SSSR count). The molecule has 0 spiro atoms. The van der Waals surface area contributed by atoms with Crippen LogP contribution in [0, 0.1) is 5.41 Å². The van der Waals surface area contributed by atoms with Crippen LogP contribution in [0.2, 0.25) is 0 Å². The minimum atomic E-state index is -0.0882. The molecule has 1 heterocycles. The number of nitrogens with one attached hydrogen (secondary N) is 1. The minimum Gasteiger partial charge on any atom is -0.351 e. The number of hydrogen-bond acceptors (Lipinski definition) is 2. The molecule has 0 aliphatic heterocycles. The summed E-state index contributed by atoms with van der Waals surface area (Å²) in [5.41, 5.74) is 4.28. The summed E-state index contributed by atoms with van der Waals surface area (Å²) >= 11 is 0. The molecule has 27 heavy (non-hydrogen) atoms. The van der Waals surface area contributed by atoms with Crippen LogP contribution >= 0.6 is 0 Å². The fourth-order valence-electron chi connectivity index (χ4n) is 2.97. The molecule has 0 saturated carbocycles. The fourth-order valence-corrected chi connectivity index (χ4v) is 2.97. The van der Waals surface area contributed by atoms with Gasteiger partial charge < -0.3 is 5.32 Å². The molecule has 3 nitrogen and oxygen atoms in total. The summed E-state index contributed by atoms with van der Waals surface area (Å²) in [6.07, 6.45) is 14.1. The summed E-state index contributed by atoms with van der Waals surface area (Å²) in [5, 5.41) is 2.98. The van der Waals surface area contributed by atoms with Gasteiger partial charge in [-0.15, -0.1) is 0 Å². The molecule has 1 aromatic heterocycles. The highest BCUT2D eigenvalue weighted by Gasteiger charge is 2.12. The summed E-state index contributed by atoms with van der Waals surface area (Å²) in [4.78, 5) is 16.1. The van der Waals surface area contributed by atoms with Crippen molar-refractivity contribution in [2.75, 3.05) is 6.54 Å². The Bertz CT molecular complexity index is 874. The Hall–Kier alpha value is -2.94. The first-order chi connectivity index (χ1) is 12.9. The molecular weight excluding hydrogens is 332 g/mol. The summed E-state index contributed by atoms with van der Waals surface area (Å²) in [6.45, 7) is 7.10. The summed E-state index contributed by atoms with van der Waals surface area (Å²) < 4.78 is 0. The molecule has 1 aliphatic carbocycles. The Balaban J connectivity index is 1.62. The van der Waals surface area contributed by atoms with E-state index in [0.29, 0.717) is 12.1 Å². The van der Waals surface area contributed by atoms with Crippen LogP contribution in [0.4, 0.5) is 0 Å². The molecule has 1 aromatic carbocycles. The summed E-state index contributed by atoms with van der Waals surface area (Å²) in [6, 6.07) is 12.1. The van der Waals surface area contributed by atoms with E-state index in [0.717, 1.165) is 0 Å². The largest absolute Gasteiger partial charge is 0.351 e. The van der Waals surface area contributed by atoms with Crippen LogP contribution in [-0.4, -0.2) is 17.4 Å². The number of benzene rings is 1. The van der Waals surface area contributed by atoms with Gasteiger partial charge in [-0.3, -0.25) is 9.78 Å². The predicted octanol–water partition coefficient (Wildman–Crippen LogP) is 5.15. The zero-order valence-corrected chi connectivity index (χ0v) is 16.1. The lowest BCUT2D eigenvalue weighted by molar-refractivity contribution is 0.0951. The molecule has 1 aliphatic rings. The second kappa shape index (κ2) is 8.17. The molecule has 1 amide bonds. The van der Waals surface area contributed by atoms with Crippen molar-refractivity contribution in [1.82, 2.24) is 10.3 Å². The number of carbonyl (C=O) groups is 1. The van der Waals surface area contributed by atoms with Crippen LogP contribution in [0.15, 0.2) is 79.2 Å². The lowest BCUT2D eigenvalue weighted by Gasteiger charge is -2.14. The average Bonchev–Trinajstić information content (AvgIpc) is 2.87. The van der Waals surface area contributed by atoms with Crippen LogP contribution < -0.4 is 5.32 Å². The molecule has 0 fully saturated rings. The van der Waals surface area contributed by atoms with Gasteiger partial charge in [-0.05, 0) is 34.8 Å². The Kier molecular flexibility index (Phi) is 5.70. The second-order valence-electron chi connectivity index (χ2n) is 7.61. The van der Waals surface area contributed by atoms with Crippen LogP contribution in [0.5, 0.6) is 0 Å². The maximum absolute atomic E-state index is 12.2. The van der Waals surface area contributed by atoms with Crippen molar-refractivity contribution in [3.05, 3.63) is 95.9 Å². The molecule has 1 atom stereocenters. The molecule has 1 unspecified atom stereocenters. The third-order valence-corrected chi connectivity index (χ3v) is 4.80. The van der Waals surface area contributed by atoms with Crippen molar-refractivity contribution >= 4 is 11.5 Å². The molecule has 138 valence electrons. The fraction of sp³-hybridized carbons (Fsp3) is 0.250. The molecule has 0 saturated heterocycles. The Labute approximate surface area is 161 Å². The topological polar surface area (TPSA) is 42.0 Å². The monoisotopic (exact) mass is 358 g/mol. The van der Waals surface area contributed by atoms with Gasteiger partial charge in [-0.1, -0.05) is 75.4 Å². The van der Waals surface area contributed by atoms with Gasteiger partial charge in [-0.2, -0.15) is 0 Å². The van der Waals surface area contributed by atoms with Crippen molar-refractivity contribution in [3.63, 3.8) is 0 Å².